The molecule has 0 aliphatic heterocycles. The zero-order valence-electron chi connectivity index (χ0n) is 13.9. The molecule has 0 spiro atoms. The highest BCUT2D eigenvalue weighted by Crippen LogP contribution is 2.38. The van der Waals surface area contributed by atoms with Gasteiger partial charge in [0.1, 0.15) is 0 Å². The second kappa shape index (κ2) is 8.03. The highest BCUT2D eigenvalue weighted by Gasteiger charge is 2.38. The number of alkyl halides is 3. The Balaban J connectivity index is 3.43. The van der Waals surface area contributed by atoms with Crippen LogP contribution in [0.5, 0.6) is 0 Å². The van der Waals surface area contributed by atoms with E-state index in [4.69, 9.17) is 9.47 Å². The largest absolute Gasteiger partial charge is 0.465 e. The molecule has 0 saturated carbocycles. The number of esters is 2. The second-order valence-corrected chi connectivity index (χ2v) is 5.11. The molecule has 0 unspecified atom stereocenters. The van der Waals surface area contributed by atoms with E-state index in [9.17, 15) is 22.8 Å². The fourth-order valence-corrected chi connectivity index (χ4v) is 2.17. The van der Waals surface area contributed by atoms with Gasteiger partial charge in [0.05, 0.1) is 18.8 Å². The Morgan fingerprint density at radius 3 is 1.96 bits per heavy atom. The van der Waals surface area contributed by atoms with Crippen LogP contribution in [0.15, 0.2) is 18.2 Å². The van der Waals surface area contributed by atoms with E-state index in [1.165, 1.54) is 45.0 Å². The maximum Gasteiger partial charge on any atom is 0.418 e. The molecule has 24 heavy (non-hydrogen) atoms. The van der Waals surface area contributed by atoms with Crippen LogP contribution in [0.3, 0.4) is 0 Å². The molecular weight excluding hydrogens is 327 g/mol. The van der Waals surface area contributed by atoms with Gasteiger partial charge in [0.2, 0.25) is 0 Å². The van der Waals surface area contributed by atoms with Crippen molar-refractivity contribution in [2.24, 2.45) is 0 Å². The lowest BCUT2D eigenvalue weighted by Crippen LogP contribution is -2.27. The average molecular weight is 347 g/mol. The summed E-state index contributed by atoms with van der Waals surface area (Å²) in [6, 6.07) is 3.29. The number of carbonyl (C=O) groups excluding carboxylic acids is 2. The van der Waals surface area contributed by atoms with Gasteiger partial charge in [-0.1, -0.05) is 6.07 Å². The molecule has 0 aromatic heterocycles. The van der Waals surface area contributed by atoms with Crippen molar-refractivity contribution in [2.45, 2.75) is 25.9 Å². The first-order valence-corrected chi connectivity index (χ1v) is 7.35. The molecule has 1 aromatic carbocycles. The normalized spacial score (nSPS) is 11.3. The SMILES string of the molecule is CCOC(=O)C(C(=O)OCC)c1ccc(N(C)C)c(C(F)(F)F)c1. The zero-order chi connectivity index (χ0) is 18.5. The monoisotopic (exact) mass is 347 g/mol. The smallest absolute Gasteiger partial charge is 0.418 e. The maximum atomic E-state index is 13.3. The molecule has 5 nitrogen and oxygen atoms in total. The van der Waals surface area contributed by atoms with Crippen LogP contribution in [-0.4, -0.2) is 39.2 Å². The quantitative estimate of drug-likeness (QED) is 0.585. The van der Waals surface area contributed by atoms with Crippen LogP contribution in [0, 0.1) is 0 Å². The van der Waals surface area contributed by atoms with Crippen molar-refractivity contribution >= 4 is 17.6 Å². The van der Waals surface area contributed by atoms with Gasteiger partial charge in [0.25, 0.3) is 0 Å². The summed E-state index contributed by atoms with van der Waals surface area (Å²) in [5.74, 6) is -3.44. The topological polar surface area (TPSA) is 55.8 Å². The number of hydrogen-bond donors (Lipinski definition) is 0. The summed E-state index contributed by atoms with van der Waals surface area (Å²) in [4.78, 5) is 25.4. The van der Waals surface area contributed by atoms with E-state index in [-0.39, 0.29) is 24.5 Å². The lowest BCUT2D eigenvalue weighted by molar-refractivity contribution is -0.157. The van der Waals surface area contributed by atoms with Crippen molar-refractivity contribution in [3.8, 4) is 0 Å². The van der Waals surface area contributed by atoms with E-state index in [1.807, 2.05) is 0 Å². The van der Waals surface area contributed by atoms with E-state index < -0.39 is 29.6 Å². The number of nitrogens with zero attached hydrogens (tertiary/aromatic N) is 1. The van der Waals surface area contributed by atoms with Gasteiger partial charge in [0, 0.05) is 19.8 Å². The Morgan fingerprint density at radius 1 is 1.08 bits per heavy atom. The predicted molar refractivity (Wildman–Crippen MR) is 81.8 cm³/mol. The molecular formula is C16H20F3NO4. The number of rotatable bonds is 6. The third-order valence-electron chi connectivity index (χ3n) is 3.19. The number of anilines is 1. The summed E-state index contributed by atoms with van der Waals surface area (Å²) in [5.41, 5.74) is -1.13. The van der Waals surface area contributed by atoms with Gasteiger partial charge in [-0.05, 0) is 31.5 Å². The Hall–Kier alpha value is -2.25. The summed E-state index contributed by atoms with van der Waals surface area (Å²) < 4.78 is 49.5. The fourth-order valence-electron chi connectivity index (χ4n) is 2.17. The highest BCUT2D eigenvalue weighted by atomic mass is 19.4. The molecule has 0 radical (unpaired) electrons. The standard InChI is InChI=1S/C16H20F3NO4/c1-5-23-14(21)13(15(22)24-6-2)10-7-8-12(20(3)4)11(9-10)16(17,18)19/h7-9,13H,5-6H2,1-4H3. The van der Waals surface area contributed by atoms with Crippen molar-refractivity contribution in [1.29, 1.82) is 0 Å². The summed E-state index contributed by atoms with van der Waals surface area (Å²) in [5, 5.41) is 0. The molecule has 0 N–H and O–H groups in total. The Kier molecular flexibility index (Phi) is 6.62. The van der Waals surface area contributed by atoms with Crippen LogP contribution in [0.25, 0.3) is 0 Å². The van der Waals surface area contributed by atoms with Gasteiger partial charge in [0.15, 0.2) is 5.92 Å². The third kappa shape index (κ3) is 4.62. The number of halogens is 3. The average Bonchev–Trinajstić information content (AvgIpc) is 2.46. The Bertz CT molecular complexity index is 581. The van der Waals surface area contributed by atoms with Crippen LogP contribution in [0.1, 0.15) is 30.9 Å². The van der Waals surface area contributed by atoms with Crippen LogP contribution in [-0.2, 0) is 25.2 Å². The molecule has 0 heterocycles. The maximum absolute atomic E-state index is 13.3. The zero-order valence-corrected chi connectivity index (χ0v) is 13.9. The van der Waals surface area contributed by atoms with Gasteiger partial charge in [-0.25, -0.2) is 0 Å². The van der Waals surface area contributed by atoms with E-state index in [1.54, 1.807) is 0 Å². The highest BCUT2D eigenvalue weighted by molar-refractivity contribution is 6.01. The van der Waals surface area contributed by atoms with Crippen molar-refractivity contribution in [1.82, 2.24) is 0 Å². The van der Waals surface area contributed by atoms with E-state index >= 15 is 0 Å². The van der Waals surface area contributed by atoms with Crippen molar-refractivity contribution in [3.05, 3.63) is 29.3 Å². The van der Waals surface area contributed by atoms with Gasteiger partial charge in [-0.15, -0.1) is 0 Å². The molecule has 0 bridgehead atoms. The minimum Gasteiger partial charge on any atom is -0.465 e. The minimum atomic E-state index is -4.64. The van der Waals surface area contributed by atoms with E-state index in [0.29, 0.717) is 0 Å². The number of benzene rings is 1. The molecule has 0 aliphatic carbocycles. The van der Waals surface area contributed by atoms with E-state index in [0.717, 1.165) is 6.07 Å². The third-order valence-corrected chi connectivity index (χ3v) is 3.19. The molecule has 134 valence electrons. The molecule has 0 amide bonds. The first-order chi connectivity index (χ1) is 11.1. The molecule has 0 saturated heterocycles. The molecule has 0 fully saturated rings. The summed E-state index contributed by atoms with van der Waals surface area (Å²) in [6.07, 6.45) is -4.64. The van der Waals surface area contributed by atoms with Crippen LogP contribution >= 0.6 is 0 Å². The predicted octanol–water partition coefficient (Wildman–Crippen LogP) is 2.98. The van der Waals surface area contributed by atoms with Crippen molar-refractivity contribution < 1.29 is 32.2 Å². The van der Waals surface area contributed by atoms with E-state index in [2.05, 4.69) is 0 Å². The van der Waals surface area contributed by atoms with Crippen LogP contribution in [0.4, 0.5) is 18.9 Å². The molecule has 0 aliphatic rings. The summed E-state index contributed by atoms with van der Waals surface area (Å²) >= 11 is 0. The first kappa shape index (κ1) is 19.8. The Labute approximate surface area is 138 Å². The van der Waals surface area contributed by atoms with Gasteiger partial charge in [-0.3, -0.25) is 9.59 Å². The van der Waals surface area contributed by atoms with Crippen LogP contribution < -0.4 is 4.90 Å². The Morgan fingerprint density at radius 2 is 1.58 bits per heavy atom. The fraction of sp³-hybridized carbons (Fsp3) is 0.500. The van der Waals surface area contributed by atoms with Crippen molar-refractivity contribution in [3.63, 3.8) is 0 Å². The number of hydrogen-bond acceptors (Lipinski definition) is 5. The second-order valence-electron chi connectivity index (χ2n) is 5.11. The van der Waals surface area contributed by atoms with Crippen molar-refractivity contribution in [2.75, 3.05) is 32.2 Å². The summed E-state index contributed by atoms with van der Waals surface area (Å²) in [7, 11) is 2.94. The molecule has 1 aromatic rings. The van der Waals surface area contributed by atoms with Crippen LogP contribution in [0.2, 0.25) is 0 Å². The molecule has 1 rings (SSSR count). The summed E-state index contributed by atoms with van der Waals surface area (Å²) in [6.45, 7) is 3.07. The molecule has 0 atom stereocenters. The number of ether oxygens (including phenoxy) is 2. The van der Waals surface area contributed by atoms with Gasteiger partial charge < -0.3 is 14.4 Å². The lowest BCUT2D eigenvalue weighted by atomic mass is 9.96. The minimum absolute atomic E-state index is 0.00333. The van der Waals surface area contributed by atoms with Gasteiger partial charge in [-0.2, -0.15) is 13.2 Å². The first-order valence-electron chi connectivity index (χ1n) is 7.35. The lowest BCUT2D eigenvalue weighted by Gasteiger charge is -2.22. The molecule has 8 heteroatoms. The van der Waals surface area contributed by atoms with Gasteiger partial charge >= 0.3 is 18.1 Å². The number of carbonyl (C=O) groups is 2.